The van der Waals surface area contributed by atoms with Gasteiger partial charge in [-0.3, -0.25) is 14.4 Å². The summed E-state index contributed by atoms with van der Waals surface area (Å²) in [7, 11) is 1.24. The molecule has 8 heteroatoms. The predicted octanol–water partition coefficient (Wildman–Crippen LogP) is 3.16. The second kappa shape index (κ2) is 11.6. The molecule has 0 spiro atoms. The minimum atomic E-state index is -1.08. The van der Waals surface area contributed by atoms with Crippen molar-refractivity contribution in [2.24, 2.45) is 5.92 Å². The van der Waals surface area contributed by atoms with Crippen molar-refractivity contribution in [1.29, 1.82) is 0 Å². The Kier molecular flexibility index (Phi) is 8.62. The Labute approximate surface area is 199 Å². The van der Waals surface area contributed by atoms with Crippen LogP contribution in [0.3, 0.4) is 0 Å². The van der Waals surface area contributed by atoms with Crippen LogP contribution < -0.4 is 10.7 Å². The third kappa shape index (κ3) is 6.12. The number of carbonyl (C=O) groups is 3. The Morgan fingerprint density at radius 1 is 0.971 bits per heavy atom. The fourth-order valence-electron chi connectivity index (χ4n) is 4.17. The van der Waals surface area contributed by atoms with Crippen molar-refractivity contribution >= 4 is 17.8 Å². The summed E-state index contributed by atoms with van der Waals surface area (Å²) >= 11 is 0. The number of rotatable bonds is 7. The van der Waals surface area contributed by atoms with Crippen molar-refractivity contribution < 1.29 is 19.1 Å². The van der Waals surface area contributed by atoms with Gasteiger partial charge in [-0.1, -0.05) is 57.0 Å². The molecule has 1 saturated heterocycles. The number of nitrogens with zero attached hydrogens (tertiary/aromatic N) is 2. The topological polar surface area (TPSA) is 97.7 Å². The lowest BCUT2D eigenvalue weighted by atomic mass is 10.1. The summed E-state index contributed by atoms with van der Waals surface area (Å²) in [6, 6.07) is 7.58. The number of benzene rings is 1. The van der Waals surface area contributed by atoms with Crippen molar-refractivity contribution in [2.75, 3.05) is 20.2 Å². The van der Waals surface area contributed by atoms with Crippen LogP contribution in [0.25, 0.3) is 0 Å². The van der Waals surface area contributed by atoms with Gasteiger partial charge >= 0.3 is 5.97 Å². The number of ether oxygens (including phenoxy) is 1. The molecule has 1 aliphatic rings. The number of methoxy groups -OCH3 is 1. The summed E-state index contributed by atoms with van der Waals surface area (Å²) in [5.74, 6) is -1.51. The first-order valence-corrected chi connectivity index (χ1v) is 11.8. The van der Waals surface area contributed by atoms with Gasteiger partial charge in [0.1, 0.15) is 11.1 Å². The Hall–Kier alpha value is -3.42. The number of esters is 1. The average Bonchev–Trinajstić information content (AvgIpc) is 3.12. The molecule has 2 amide bonds. The Balaban J connectivity index is 1.99. The number of nitrogens with one attached hydrogen (secondary N) is 1. The van der Waals surface area contributed by atoms with E-state index in [4.69, 9.17) is 4.74 Å². The first kappa shape index (κ1) is 25.2. The van der Waals surface area contributed by atoms with Crippen molar-refractivity contribution in [2.45, 2.75) is 52.1 Å². The molecule has 0 aliphatic carbocycles. The lowest BCUT2D eigenvalue weighted by molar-refractivity contribution is -0.143. The van der Waals surface area contributed by atoms with Crippen LogP contribution in [0.1, 0.15) is 71.9 Å². The van der Waals surface area contributed by atoms with E-state index >= 15 is 0 Å². The van der Waals surface area contributed by atoms with Gasteiger partial charge in [0, 0.05) is 32.0 Å². The highest BCUT2D eigenvalue weighted by atomic mass is 16.5. The summed E-state index contributed by atoms with van der Waals surface area (Å²) in [6.45, 7) is 5.74. The number of hydrogen-bond donors (Lipinski definition) is 1. The van der Waals surface area contributed by atoms with E-state index in [1.165, 1.54) is 13.3 Å². The van der Waals surface area contributed by atoms with Crippen LogP contribution in [0.2, 0.25) is 0 Å². The van der Waals surface area contributed by atoms with Crippen molar-refractivity contribution in [3.05, 3.63) is 69.6 Å². The van der Waals surface area contributed by atoms with Crippen LogP contribution in [0, 0.1) is 5.92 Å². The number of hydrogen-bond acceptors (Lipinski definition) is 5. The molecule has 0 saturated carbocycles. The fourth-order valence-corrected chi connectivity index (χ4v) is 4.17. The number of pyridine rings is 1. The monoisotopic (exact) mass is 467 g/mol. The van der Waals surface area contributed by atoms with Crippen LogP contribution >= 0.6 is 0 Å². The van der Waals surface area contributed by atoms with Gasteiger partial charge in [0.2, 0.25) is 5.43 Å². The molecule has 0 unspecified atom stereocenters. The van der Waals surface area contributed by atoms with E-state index in [-0.39, 0.29) is 23.0 Å². The third-order valence-electron chi connectivity index (χ3n) is 5.87. The molecule has 34 heavy (non-hydrogen) atoms. The Morgan fingerprint density at radius 2 is 1.59 bits per heavy atom. The highest BCUT2D eigenvalue weighted by molar-refractivity contribution is 6.00. The van der Waals surface area contributed by atoms with Gasteiger partial charge in [-0.2, -0.15) is 0 Å². The molecule has 1 aliphatic heterocycles. The van der Waals surface area contributed by atoms with Crippen molar-refractivity contribution in [3.63, 3.8) is 0 Å². The quantitative estimate of drug-likeness (QED) is 0.631. The first-order chi connectivity index (χ1) is 16.3. The lowest BCUT2D eigenvalue weighted by Gasteiger charge is -2.22. The minimum Gasteiger partial charge on any atom is -0.467 e. The lowest BCUT2D eigenvalue weighted by Crippen LogP contribution is -2.40. The van der Waals surface area contributed by atoms with Gasteiger partial charge in [-0.15, -0.1) is 0 Å². The van der Waals surface area contributed by atoms with E-state index in [1.54, 1.807) is 46.0 Å². The summed E-state index contributed by atoms with van der Waals surface area (Å²) in [5, 5.41) is 2.63. The highest BCUT2D eigenvalue weighted by Gasteiger charge is 2.28. The second-order valence-corrected chi connectivity index (χ2v) is 9.05. The number of likely N-dealkylation sites (tertiary alicyclic amines) is 1. The van der Waals surface area contributed by atoms with Crippen LogP contribution in [0.5, 0.6) is 0 Å². The highest BCUT2D eigenvalue weighted by Crippen LogP contribution is 2.16. The van der Waals surface area contributed by atoms with Crippen LogP contribution in [-0.4, -0.2) is 47.4 Å². The maximum atomic E-state index is 13.3. The summed E-state index contributed by atoms with van der Waals surface area (Å²) in [5.41, 5.74) is -0.305. The van der Waals surface area contributed by atoms with Gasteiger partial charge in [0.15, 0.2) is 6.04 Å². The summed E-state index contributed by atoms with van der Waals surface area (Å²) in [6.07, 6.45) is 6.89. The number of aromatic nitrogens is 1. The smallest absolute Gasteiger partial charge is 0.333 e. The maximum Gasteiger partial charge on any atom is 0.333 e. The summed E-state index contributed by atoms with van der Waals surface area (Å²) < 4.78 is 6.58. The Morgan fingerprint density at radius 3 is 2.18 bits per heavy atom. The second-order valence-electron chi connectivity index (χ2n) is 9.05. The normalized spacial score (nSPS) is 14.9. The zero-order chi connectivity index (χ0) is 24.7. The van der Waals surface area contributed by atoms with Crippen LogP contribution in [0.15, 0.2) is 47.5 Å². The van der Waals surface area contributed by atoms with E-state index in [1.807, 2.05) is 13.8 Å². The number of carbonyl (C=O) groups excluding carboxylic acids is 3. The van der Waals surface area contributed by atoms with Gasteiger partial charge in [0.05, 0.1) is 7.11 Å². The zero-order valence-corrected chi connectivity index (χ0v) is 20.1. The van der Waals surface area contributed by atoms with Crippen LogP contribution in [0.4, 0.5) is 0 Å². The third-order valence-corrected chi connectivity index (χ3v) is 5.87. The van der Waals surface area contributed by atoms with E-state index in [0.29, 0.717) is 25.2 Å². The van der Waals surface area contributed by atoms with Crippen molar-refractivity contribution in [3.8, 4) is 0 Å². The van der Waals surface area contributed by atoms with E-state index in [2.05, 4.69) is 5.32 Å². The molecule has 3 rings (SSSR count). The first-order valence-electron chi connectivity index (χ1n) is 11.8. The fraction of sp³-hybridized carbons (Fsp3) is 0.462. The molecule has 0 bridgehead atoms. The molecule has 1 aromatic heterocycles. The van der Waals surface area contributed by atoms with E-state index in [0.717, 1.165) is 25.7 Å². The largest absolute Gasteiger partial charge is 0.467 e. The molecule has 182 valence electrons. The average molecular weight is 468 g/mol. The maximum absolute atomic E-state index is 13.3. The summed E-state index contributed by atoms with van der Waals surface area (Å²) in [4.78, 5) is 54.0. The molecular weight excluding hydrogens is 434 g/mol. The molecule has 1 aromatic carbocycles. The van der Waals surface area contributed by atoms with E-state index < -0.39 is 23.3 Å². The molecule has 0 radical (unpaired) electrons. The molecule has 1 N–H and O–H groups in total. The molecule has 1 fully saturated rings. The SMILES string of the molecule is COC(=O)[C@@H](NC(=O)c1cn(CC(C)C)cc(C(=O)N2CCCCCC2)c1=O)c1ccccc1. The molecular formula is C26H33N3O5. The van der Waals surface area contributed by atoms with Gasteiger partial charge < -0.3 is 19.5 Å². The minimum absolute atomic E-state index is 0.0236. The van der Waals surface area contributed by atoms with Gasteiger partial charge in [-0.25, -0.2) is 4.79 Å². The molecule has 1 atom stereocenters. The predicted molar refractivity (Wildman–Crippen MR) is 129 cm³/mol. The number of amides is 2. The van der Waals surface area contributed by atoms with Gasteiger partial charge in [-0.05, 0) is 24.3 Å². The van der Waals surface area contributed by atoms with Crippen molar-refractivity contribution in [1.82, 2.24) is 14.8 Å². The van der Waals surface area contributed by atoms with E-state index in [9.17, 15) is 19.2 Å². The Bertz CT molecular complexity index is 1070. The van der Waals surface area contributed by atoms with Crippen LogP contribution in [-0.2, 0) is 16.1 Å². The molecule has 8 nitrogen and oxygen atoms in total. The molecule has 2 heterocycles. The standard InChI is InChI=1S/C26H33N3O5/c1-18(2)15-28-16-20(23(30)21(17-28)25(32)29-13-9-4-5-10-14-29)24(31)27-22(26(33)34-3)19-11-7-6-8-12-19/h6-8,11-12,16-18,22H,4-5,9-10,13-15H2,1-3H3,(H,27,31)/t22-/m0/s1. The zero-order valence-electron chi connectivity index (χ0n) is 20.1. The molecule has 2 aromatic rings. The van der Waals surface area contributed by atoms with Gasteiger partial charge in [0.25, 0.3) is 11.8 Å².